The zero-order chi connectivity index (χ0) is 18.4. The van der Waals surface area contributed by atoms with Gasteiger partial charge < -0.3 is 18.9 Å². The van der Waals surface area contributed by atoms with E-state index in [9.17, 15) is 4.79 Å². The highest BCUT2D eigenvalue weighted by molar-refractivity contribution is 5.91. The van der Waals surface area contributed by atoms with Crippen LogP contribution in [0.1, 0.15) is 34.1 Å². The molecule has 0 spiro atoms. The lowest BCUT2D eigenvalue weighted by Crippen LogP contribution is -2.41. The van der Waals surface area contributed by atoms with Crippen LogP contribution >= 0.6 is 0 Å². The lowest BCUT2D eigenvalue weighted by molar-refractivity contribution is -0.204. The van der Waals surface area contributed by atoms with Gasteiger partial charge in [-0.15, -0.1) is 0 Å². The molecule has 2 bridgehead atoms. The normalized spacial score (nSPS) is 42.5. The predicted molar refractivity (Wildman–Crippen MR) is 93.8 cm³/mol. The standard InChI is InChI=1S/C20H28O5/c1-12(2)11-23-16-10-19(5)7-8-20(22-6,25-19)13(3)9-15-17(16)14(4)18(21)24-15/h7-9,12,15-17H,4,10-11H2,1-3,5-6H3/b13-9-/t15-,16-,17+,19+,20-/m1/s1. The van der Waals surface area contributed by atoms with Crippen molar-refractivity contribution in [2.45, 2.75) is 57.7 Å². The molecule has 5 nitrogen and oxygen atoms in total. The van der Waals surface area contributed by atoms with Crippen LogP contribution in [0.2, 0.25) is 0 Å². The lowest BCUT2D eigenvalue weighted by atomic mass is 9.83. The van der Waals surface area contributed by atoms with E-state index in [0.717, 1.165) is 5.57 Å². The molecule has 0 radical (unpaired) electrons. The molecule has 3 heterocycles. The number of rotatable bonds is 4. The molecule has 3 aliphatic heterocycles. The fourth-order valence-electron chi connectivity index (χ4n) is 3.84. The lowest BCUT2D eigenvalue weighted by Gasteiger charge is -2.35. The summed E-state index contributed by atoms with van der Waals surface area (Å²) in [4.78, 5) is 12.2. The zero-order valence-corrected chi connectivity index (χ0v) is 15.7. The summed E-state index contributed by atoms with van der Waals surface area (Å²) in [5.41, 5.74) is 0.782. The molecule has 0 aromatic rings. The van der Waals surface area contributed by atoms with E-state index >= 15 is 0 Å². The minimum absolute atomic E-state index is 0.219. The SMILES string of the molecule is C=C1C(=O)O[C@@H]2/C=C(/C)[C@@]3(OC)C=C[C@@](C)(C[C@@H](OCC(C)C)[C@@H]12)O3. The van der Waals surface area contributed by atoms with E-state index < -0.39 is 17.5 Å². The maximum atomic E-state index is 12.2. The molecule has 25 heavy (non-hydrogen) atoms. The molecule has 0 amide bonds. The number of hydrogen-bond donors (Lipinski definition) is 0. The van der Waals surface area contributed by atoms with Gasteiger partial charge in [0.25, 0.3) is 0 Å². The van der Waals surface area contributed by atoms with Crippen molar-refractivity contribution in [2.75, 3.05) is 13.7 Å². The van der Waals surface area contributed by atoms with Crippen molar-refractivity contribution >= 4 is 5.97 Å². The third kappa shape index (κ3) is 3.21. The summed E-state index contributed by atoms with van der Waals surface area (Å²) >= 11 is 0. The zero-order valence-electron chi connectivity index (χ0n) is 15.7. The van der Waals surface area contributed by atoms with E-state index in [-0.39, 0.29) is 18.0 Å². The Morgan fingerprint density at radius 1 is 1.40 bits per heavy atom. The Morgan fingerprint density at radius 3 is 2.76 bits per heavy atom. The van der Waals surface area contributed by atoms with Crippen LogP contribution in [0.4, 0.5) is 0 Å². The minimum atomic E-state index is -0.928. The molecular formula is C20H28O5. The Labute approximate surface area is 149 Å². The molecule has 1 fully saturated rings. The number of carbonyl (C=O) groups excluding carboxylic acids is 1. The van der Waals surface area contributed by atoms with Gasteiger partial charge in [0.15, 0.2) is 0 Å². The highest BCUT2D eigenvalue weighted by atomic mass is 16.7. The average molecular weight is 348 g/mol. The fourth-order valence-corrected chi connectivity index (χ4v) is 3.84. The number of hydrogen-bond acceptors (Lipinski definition) is 5. The second-order valence-corrected chi connectivity index (χ2v) is 7.86. The van der Waals surface area contributed by atoms with E-state index in [1.807, 2.05) is 32.1 Å². The van der Waals surface area contributed by atoms with Gasteiger partial charge in [0.1, 0.15) is 6.10 Å². The van der Waals surface area contributed by atoms with Crippen molar-refractivity contribution in [3.63, 3.8) is 0 Å². The van der Waals surface area contributed by atoms with Crippen LogP contribution in [0.25, 0.3) is 0 Å². The first-order valence-electron chi connectivity index (χ1n) is 8.86. The van der Waals surface area contributed by atoms with Gasteiger partial charge >= 0.3 is 5.97 Å². The second-order valence-electron chi connectivity index (χ2n) is 7.86. The highest BCUT2D eigenvalue weighted by Gasteiger charge is 2.51. The summed E-state index contributed by atoms with van der Waals surface area (Å²) in [5, 5.41) is 0. The van der Waals surface area contributed by atoms with Gasteiger partial charge in [0, 0.05) is 25.7 Å². The van der Waals surface area contributed by atoms with Crippen molar-refractivity contribution in [2.24, 2.45) is 11.8 Å². The van der Waals surface area contributed by atoms with E-state index in [1.165, 1.54) is 0 Å². The Morgan fingerprint density at radius 2 is 2.12 bits per heavy atom. The van der Waals surface area contributed by atoms with Crippen molar-refractivity contribution in [1.82, 2.24) is 0 Å². The molecule has 0 N–H and O–H groups in total. The number of esters is 1. The van der Waals surface area contributed by atoms with Gasteiger partial charge in [-0.25, -0.2) is 4.79 Å². The van der Waals surface area contributed by atoms with E-state index in [1.54, 1.807) is 7.11 Å². The van der Waals surface area contributed by atoms with Gasteiger partial charge in [0.05, 0.1) is 17.6 Å². The molecule has 3 rings (SSSR count). The van der Waals surface area contributed by atoms with Crippen LogP contribution in [-0.4, -0.2) is 43.3 Å². The first kappa shape index (κ1) is 18.4. The summed E-state index contributed by atoms with van der Waals surface area (Å²) < 4.78 is 23.8. The summed E-state index contributed by atoms with van der Waals surface area (Å²) in [5.74, 6) is -1.11. The molecule has 5 atom stereocenters. The maximum Gasteiger partial charge on any atom is 0.334 e. The molecule has 1 saturated heterocycles. The van der Waals surface area contributed by atoms with Crippen LogP contribution in [0.3, 0.4) is 0 Å². The Hall–Kier alpha value is -1.43. The van der Waals surface area contributed by atoms with Gasteiger partial charge in [0.2, 0.25) is 5.79 Å². The molecule has 0 aromatic heterocycles. The van der Waals surface area contributed by atoms with Crippen LogP contribution in [0.15, 0.2) is 36.0 Å². The summed E-state index contributed by atoms with van der Waals surface area (Å²) in [6.07, 6.45) is 5.83. The first-order chi connectivity index (χ1) is 11.7. The highest BCUT2D eigenvalue weighted by Crippen LogP contribution is 2.45. The number of fused-ring (bicyclic) bond motifs is 3. The van der Waals surface area contributed by atoms with Crippen LogP contribution in [-0.2, 0) is 23.7 Å². The number of methoxy groups -OCH3 is 1. The fraction of sp³-hybridized carbons (Fsp3) is 0.650. The van der Waals surface area contributed by atoms with Crippen molar-refractivity contribution in [3.8, 4) is 0 Å². The van der Waals surface area contributed by atoms with Gasteiger partial charge in [-0.1, -0.05) is 26.5 Å². The van der Waals surface area contributed by atoms with Crippen LogP contribution < -0.4 is 0 Å². The van der Waals surface area contributed by atoms with Gasteiger partial charge in [-0.3, -0.25) is 0 Å². The molecule has 3 aliphatic rings. The Bertz CT molecular complexity index is 634. The summed E-state index contributed by atoms with van der Waals surface area (Å²) in [6.45, 7) is 12.7. The molecular weight excluding hydrogens is 320 g/mol. The molecule has 138 valence electrons. The van der Waals surface area contributed by atoms with Crippen LogP contribution in [0, 0.1) is 11.8 Å². The molecule has 0 unspecified atom stereocenters. The predicted octanol–water partition coefficient (Wildman–Crippen LogP) is 3.16. The topological polar surface area (TPSA) is 54.0 Å². The molecule has 0 aromatic carbocycles. The largest absolute Gasteiger partial charge is 0.454 e. The third-order valence-electron chi connectivity index (χ3n) is 5.22. The van der Waals surface area contributed by atoms with E-state index in [4.69, 9.17) is 18.9 Å². The number of carbonyl (C=O) groups is 1. The van der Waals surface area contributed by atoms with Crippen LogP contribution in [0.5, 0.6) is 0 Å². The first-order valence-corrected chi connectivity index (χ1v) is 8.86. The second kappa shape index (κ2) is 6.38. The van der Waals surface area contributed by atoms with Gasteiger partial charge in [-0.2, -0.15) is 0 Å². The minimum Gasteiger partial charge on any atom is -0.454 e. The smallest absolute Gasteiger partial charge is 0.334 e. The summed E-state index contributed by atoms with van der Waals surface area (Å²) in [6, 6.07) is 0. The monoisotopic (exact) mass is 348 g/mol. The molecule has 0 saturated carbocycles. The van der Waals surface area contributed by atoms with E-state index in [0.29, 0.717) is 24.5 Å². The third-order valence-corrected chi connectivity index (χ3v) is 5.22. The van der Waals surface area contributed by atoms with Crippen molar-refractivity contribution < 1.29 is 23.7 Å². The molecule has 5 heteroatoms. The van der Waals surface area contributed by atoms with Gasteiger partial charge in [-0.05, 0) is 37.5 Å². The average Bonchev–Trinajstić information content (AvgIpc) is 3.03. The maximum absolute atomic E-state index is 12.2. The summed E-state index contributed by atoms with van der Waals surface area (Å²) in [7, 11) is 1.62. The number of ether oxygens (including phenoxy) is 4. The van der Waals surface area contributed by atoms with E-state index in [2.05, 4.69) is 20.4 Å². The van der Waals surface area contributed by atoms with Crippen molar-refractivity contribution in [1.29, 1.82) is 0 Å². The van der Waals surface area contributed by atoms with Crippen molar-refractivity contribution in [3.05, 3.63) is 36.0 Å². The quantitative estimate of drug-likeness (QED) is 0.444. The molecule has 0 aliphatic carbocycles. The Balaban J connectivity index is 2.02. The Kier molecular flexibility index (Phi) is 4.69.